The molecular formula is C13H21N3OS. The number of amides is 1. The van der Waals surface area contributed by atoms with E-state index < -0.39 is 0 Å². The van der Waals surface area contributed by atoms with Crippen molar-refractivity contribution in [2.24, 2.45) is 0 Å². The summed E-state index contributed by atoms with van der Waals surface area (Å²) >= 11 is 1.67. The van der Waals surface area contributed by atoms with Crippen molar-refractivity contribution in [2.75, 3.05) is 26.7 Å². The first-order valence-corrected chi connectivity index (χ1v) is 7.33. The van der Waals surface area contributed by atoms with Gasteiger partial charge in [0, 0.05) is 17.5 Å². The average Bonchev–Trinajstić information content (AvgIpc) is 2.90. The van der Waals surface area contributed by atoms with Gasteiger partial charge in [0.25, 0.3) is 0 Å². The minimum absolute atomic E-state index is 0.108. The van der Waals surface area contributed by atoms with E-state index in [4.69, 9.17) is 0 Å². The van der Waals surface area contributed by atoms with Gasteiger partial charge in [-0.25, -0.2) is 0 Å². The van der Waals surface area contributed by atoms with Crippen LogP contribution < -0.4 is 10.6 Å². The van der Waals surface area contributed by atoms with Crippen LogP contribution in [0, 0.1) is 0 Å². The van der Waals surface area contributed by atoms with Gasteiger partial charge in [-0.3, -0.25) is 9.69 Å². The summed E-state index contributed by atoms with van der Waals surface area (Å²) in [6.45, 7) is 3.23. The second-order valence-corrected chi connectivity index (χ2v) is 5.80. The van der Waals surface area contributed by atoms with Crippen LogP contribution in [-0.2, 0) is 11.3 Å². The van der Waals surface area contributed by atoms with E-state index >= 15 is 0 Å². The molecule has 0 spiro atoms. The van der Waals surface area contributed by atoms with Gasteiger partial charge in [-0.1, -0.05) is 6.07 Å². The first-order valence-electron chi connectivity index (χ1n) is 6.46. The van der Waals surface area contributed by atoms with Crippen LogP contribution in [0.5, 0.6) is 0 Å². The summed E-state index contributed by atoms with van der Waals surface area (Å²) in [5.41, 5.74) is 0. The zero-order valence-corrected chi connectivity index (χ0v) is 11.6. The lowest BCUT2D eigenvalue weighted by Crippen LogP contribution is -2.47. The Hall–Kier alpha value is -0.910. The van der Waals surface area contributed by atoms with Gasteiger partial charge in [-0.15, -0.1) is 11.3 Å². The van der Waals surface area contributed by atoms with Crippen LogP contribution in [0.2, 0.25) is 0 Å². The highest BCUT2D eigenvalue weighted by Crippen LogP contribution is 2.09. The maximum absolute atomic E-state index is 11.8. The van der Waals surface area contributed by atoms with Crippen LogP contribution in [-0.4, -0.2) is 43.5 Å². The molecule has 1 aromatic heterocycles. The lowest BCUT2D eigenvalue weighted by Gasteiger charge is -2.31. The molecule has 1 aliphatic heterocycles. The Labute approximate surface area is 112 Å². The third kappa shape index (κ3) is 4.08. The number of carbonyl (C=O) groups excluding carboxylic acids is 1. The van der Waals surface area contributed by atoms with Crippen molar-refractivity contribution < 1.29 is 4.79 Å². The first kappa shape index (κ1) is 13.5. The van der Waals surface area contributed by atoms with E-state index in [2.05, 4.69) is 15.5 Å². The Bertz CT molecular complexity index is 360. The molecule has 4 nitrogen and oxygen atoms in total. The van der Waals surface area contributed by atoms with Crippen LogP contribution in [0.3, 0.4) is 0 Å². The number of nitrogens with one attached hydrogen (secondary N) is 2. The summed E-state index contributed by atoms with van der Waals surface area (Å²) in [6.07, 6.45) is 2.38. The standard InChI is InChI=1S/C13H21N3OS/c1-16(11-4-2-6-14-8-11)10-13(17)15-9-12-5-3-7-18-12/h3,5,7,11,14H,2,4,6,8-10H2,1H3,(H,15,17). The van der Waals surface area contributed by atoms with Crippen molar-refractivity contribution in [3.05, 3.63) is 22.4 Å². The summed E-state index contributed by atoms with van der Waals surface area (Å²) in [6, 6.07) is 4.54. The highest BCUT2D eigenvalue weighted by molar-refractivity contribution is 7.09. The predicted molar refractivity (Wildman–Crippen MR) is 74.7 cm³/mol. The molecule has 1 atom stereocenters. The van der Waals surface area contributed by atoms with Crippen LogP contribution in [0.1, 0.15) is 17.7 Å². The van der Waals surface area contributed by atoms with E-state index in [1.165, 1.54) is 17.7 Å². The van der Waals surface area contributed by atoms with Gasteiger partial charge in [0.2, 0.25) is 5.91 Å². The van der Waals surface area contributed by atoms with Crippen molar-refractivity contribution in [3.8, 4) is 0 Å². The van der Waals surface area contributed by atoms with Crippen LogP contribution in [0.25, 0.3) is 0 Å². The molecule has 2 heterocycles. The Balaban J connectivity index is 1.69. The number of thiophene rings is 1. The predicted octanol–water partition coefficient (Wildman–Crippen LogP) is 1.05. The van der Waals surface area contributed by atoms with E-state index in [0.717, 1.165) is 13.1 Å². The molecule has 18 heavy (non-hydrogen) atoms. The average molecular weight is 267 g/mol. The van der Waals surface area contributed by atoms with Crippen LogP contribution in [0.15, 0.2) is 17.5 Å². The smallest absolute Gasteiger partial charge is 0.234 e. The molecule has 0 saturated carbocycles. The molecule has 1 fully saturated rings. The molecule has 0 bridgehead atoms. The van der Waals surface area contributed by atoms with Gasteiger partial charge < -0.3 is 10.6 Å². The molecule has 5 heteroatoms. The van der Waals surface area contributed by atoms with Gasteiger partial charge in [0.1, 0.15) is 0 Å². The minimum atomic E-state index is 0.108. The molecule has 1 unspecified atom stereocenters. The fourth-order valence-electron chi connectivity index (χ4n) is 2.22. The van der Waals surface area contributed by atoms with E-state index in [-0.39, 0.29) is 5.91 Å². The summed E-state index contributed by atoms with van der Waals surface area (Å²) in [4.78, 5) is 15.2. The van der Waals surface area contributed by atoms with E-state index in [0.29, 0.717) is 19.1 Å². The van der Waals surface area contributed by atoms with E-state index in [1.807, 2.05) is 24.6 Å². The largest absolute Gasteiger partial charge is 0.350 e. The molecule has 0 aromatic carbocycles. The topological polar surface area (TPSA) is 44.4 Å². The van der Waals surface area contributed by atoms with E-state index in [9.17, 15) is 4.79 Å². The Morgan fingerprint density at radius 1 is 1.67 bits per heavy atom. The normalized spacial score (nSPS) is 20.0. The van der Waals surface area contributed by atoms with Crippen molar-refractivity contribution >= 4 is 17.2 Å². The fraction of sp³-hybridized carbons (Fsp3) is 0.615. The number of hydrogen-bond donors (Lipinski definition) is 2. The SMILES string of the molecule is CN(CC(=O)NCc1cccs1)C1CCCNC1. The second kappa shape index (κ2) is 6.87. The molecule has 0 radical (unpaired) electrons. The van der Waals surface area contributed by atoms with Gasteiger partial charge >= 0.3 is 0 Å². The Kier molecular flexibility index (Phi) is 5.16. The molecule has 1 saturated heterocycles. The van der Waals surface area contributed by atoms with Crippen molar-refractivity contribution in [2.45, 2.75) is 25.4 Å². The maximum atomic E-state index is 11.8. The summed E-state index contributed by atoms with van der Waals surface area (Å²) in [5, 5.41) is 8.37. The van der Waals surface area contributed by atoms with Gasteiger partial charge in [0.15, 0.2) is 0 Å². The van der Waals surface area contributed by atoms with Crippen molar-refractivity contribution in [1.29, 1.82) is 0 Å². The van der Waals surface area contributed by atoms with Crippen LogP contribution in [0.4, 0.5) is 0 Å². The third-order valence-electron chi connectivity index (χ3n) is 3.33. The first-order chi connectivity index (χ1) is 8.75. The number of likely N-dealkylation sites (N-methyl/N-ethyl adjacent to an activating group) is 1. The lowest BCUT2D eigenvalue weighted by atomic mass is 10.1. The lowest BCUT2D eigenvalue weighted by molar-refractivity contribution is -0.122. The number of nitrogens with zero attached hydrogens (tertiary/aromatic N) is 1. The third-order valence-corrected chi connectivity index (χ3v) is 4.20. The monoisotopic (exact) mass is 267 g/mol. The molecule has 1 aromatic rings. The molecule has 2 N–H and O–H groups in total. The van der Waals surface area contributed by atoms with Crippen LogP contribution >= 0.6 is 11.3 Å². The highest BCUT2D eigenvalue weighted by atomic mass is 32.1. The number of hydrogen-bond acceptors (Lipinski definition) is 4. The Morgan fingerprint density at radius 2 is 2.56 bits per heavy atom. The molecule has 1 aliphatic rings. The van der Waals surface area contributed by atoms with Crippen molar-refractivity contribution in [3.63, 3.8) is 0 Å². The molecule has 100 valence electrons. The number of carbonyl (C=O) groups is 1. The summed E-state index contributed by atoms with van der Waals surface area (Å²) in [7, 11) is 2.03. The quantitative estimate of drug-likeness (QED) is 0.838. The van der Waals surface area contributed by atoms with Gasteiger partial charge in [-0.05, 0) is 37.9 Å². The zero-order chi connectivity index (χ0) is 12.8. The van der Waals surface area contributed by atoms with Gasteiger partial charge in [-0.2, -0.15) is 0 Å². The van der Waals surface area contributed by atoms with Crippen molar-refractivity contribution in [1.82, 2.24) is 15.5 Å². The molecular weight excluding hydrogens is 246 g/mol. The van der Waals surface area contributed by atoms with E-state index in [1.54, 1.807) is 11.3 Å². The fourth-order valence-corrected chi connectivity index (χ4v) is 2.86. The minimum Gasteiger partial charge on any atom is -0.350 e. The maximum Gasteiger partial charge on any atom is 0.234 e. The zero-order valence-electron chi connectivity index (χ0n) is 10.8. The Morgan fingerprint density at radius 3 is 3.22 bits per heavy atom. The van der Waals surface area contributed by atoms with Gasteiger partial charge in [0.05, 0.1) is 13.1 Å². The molecule has 0 aliphatic carbocycles. The summed E-state index contributed by atoms with van der Waals surface area (Å²) in [5.74, 6) is 0.108. The molecule has 1 amide bonds. The summed E-state index contributed by atoms with van der Waals surface area (Å²) < 4.78 is 0. The number of rotatable bonds is 5. The molecule has 2 rings (SSSR count). The highest BCUT2D eigenvalue weighted by Gasteiger charge is 2.19. The number of piperidine rings is 1. The second-order valence-electron chi connectivity index (χ2n) is 4.77.